The molecule has 8 atom stereocenters. The third-order valence-electron chi connectivity index (χ3n) is 11.3. The standard InChI is InChI=1S/C46H87NO12S/c1-3-5-7-9-11-13-15-17-19-21-23-25-27-29-31-33-35-40(50)45(53)47-38(37-57-46-43(52)44(59-60(54,55)56)42(51)41(36-48)58-46)39(49)34-32-30-28-26-24-22-20-18-16-14-12-10-8-6-4-2/h24,26,32,34,38-44,46,48-52H,3-23,25,27-31,33,35-37H2,1-2H3,(H,47,53)(H,54,55,56)/b26-24+,34-32+. The molecule has 1 amide bonds. The Morgan fingerprint density at radius 3 is 1.60 bits per heavy atom. The van der Waals surface area contributed by atoms with E-state index in [0.717, 1.165) is 38.5 Å². The van der Waals surface area contributed by atoms with Crippen LogP contribution in [0.15, 0.2) is 24.3 Å². The fourth-order valence-electron chi connectivity index (χ4n) is 7.54. The fourth-order valence-corrected chi connectivity index (χ4v) is 8.04. The summed E-state index contributed by atoms with van der Waals surface area (Å²) in [7, 11) is -5.12. The lowest BCUT2D eigenvalue weighted by Gasteiger charge is -2.41. The van der Waals surface area contributed by atoms with Gasteiger partial charge in [-0.2, -0.15) is 8.42 Å². The monoisotopic (exact) mass is 878 g/mol. The van der Waals surface area contributed by atoms with E-state index in [4.69, 9.17) is 9.47 Å². The van der Waals surface area contributed by atoms with Crippen LogP contribution < -0.4 is 5.32 Å². The molecule has 8 unspecified atom stereocenters. The second-order valence-electron chi connectivity index (χ2n) is 16.8. The first-order valence-corrected chi connectivity index (χ1v) is 25.2. The highest BCUT2D eigenvalue weighted by molar-refractivity contribution is 7.80. The molecule has 1 saturated heterocycles. The Kier molecular flexibility index (Phi) is 34.8. The molecule has 0 bridgehead atoms. The van der Waals surface area contributed by atoms with Gasteiger partial charge in [0.25, 0.3) is 0 Å². The Balaban J connectivity index is 2.59. The van der Waals surface area contributed by atoms with Gasteiger partial charge in [0.1, 0.15) is 30.5 Å². The Bertz CT molecular complexity index is 1190. The van der Waals surface area contributed by atoms with E-state index in [2.05, 4.69) is 35.5 Å². The Morgan fingerprint density at radius 2 is 1.12 bits per heavy atom. The molecule has 0 radical (unpaired) electrons. The zero-order valence-corrected chi connectivity index (χ0v) is 38.2. The first kappa shape index (κ1) is 56.6. The molecule has 1 aliphatic heterocycles. The Labute approximate surface area is 364 Å². The molecule has 1 heterocycles. The Hall–Kier alpha value is -1.46. The molecule has 1 aliphatic rings. The molecule has 0 aromatic heterocycles. The number of nitrogens with one attached hydrogen (secondary N) is 1. The number of carbonyl (C=O) groups excluding carboxylic acids is 1. The predicted octanol–water partition coefficient (Wildman–Crippen LogP) is 8.30. The van der Waals surface area contributed by atoms with E-state index in [1.807, 2.05) is 0 Å². The van der Waals surface area contributed by atoms with E-state index in [0.29, 0.717) is 12.8 Å². The minimum atomic E-state index is -5.12. The van der Waals surface area contributed by atoms with Crippen LogP contribution in [-0.4, -0.2) is 107 Å². The summed E-state index contributed by atoms with van der Waals surface area (Å²) in [4.78, 5) is 13.1. The lowest BCUT2D eigenvalue weighted by atomic mass is 9.99. The smallest absolute Gasteiger partial charge is 0.394 e. The van der Waals surface area contributed by atoms with Crippen molar-refractivity contribution in [1.29, 1.82) is 0 Å². The number of ether oxygens (including phenoxy) is 2. The highest BCUT2D eigenvalue weighted by Crippen LogP contribution is 2.26. The van der Waals surface area contributed by atoms with Crippen molar-refractivity contribution in [2.24, 2.45) is 0 Å². The van der Waals surface area contributed by atoms with Crippen LogP contribution in [-0.2, 0) is 28.9 Å². The number of rotatable bonds is 40. The van der Waals surface area contributed by atoms with Crippen LogP contribution in [0.2, 0.25) is 0 Å². The number of amides is 1. The average Bonchev–Trinajstić information content (AvgIpc) is 3.22. The number of carbonyl (C=O) groups is 1. The van der Waals surface area contributed by atoms with Crippen molar-refractivity contribution in [3.63, 3.8) is 0 Å². The van der Waals surface area contributed by atoms with Crippen molar-refractivity contribution in [3.05, 3.63) is 24.3 Å². The fraction of sp³-hybridized carbons (Fsp3) is 0.891. The van der Waals surface area contributed by atoms with Gasteiger partial charge in [-0.3, -0.25) is 9.35 Å². The van der Waals surface area contributed by atoms with Gasteiger partial charge in [0.05, 0.1) is 25.4 Å². The third kappa shape index (κ3) is 29.0. The zero-order valence-electron chi connectivity index (χ0n) is 37.4. The summed E-state index contributed by atoms with van der Waals surface area (Å²) in [6, 6.07) is -1.13. The SMILES string of the molecule is CCCCCCCCCCC/C=C/CC/C=C/C(O)C(COC1OC(CO)C(O)C(OS(=O)(=O)O)C1O)NC(=O)C(O)CCCCCCCCCCCCCCCCCC. The zero-order chi connectivity index (χ0) is 44.3. The molecule has 0 saturated carbocycles. The molecule has 60 heavy (non-hydrogen) atoms. The second kappa shape index (κ2) is 37.0. The quantitative estimate of drug-likeness (QED) is 0.0176. The lowest BCUT2D eigenvalue weighted by molar-refractivity contribution is -0.298. The summed E-state index contributed by atoms with van der Waals surface area (Å²) in [5, 5.41) is 55.2. The molecule has 0 aliphatic carbocycles. The molecule has 1 fully saturated rings. The van der Waals surface area contributed by atoms with Crippen LogP contribution >= 0.6 is 0 Å². The van der Waals surface area contributed by atoms with Gasteiger partial charge in [0, 0.05) is 0 Å². The van der Waals surface area contributed by atoms with Gasteiger partial charge in [-0.05, 0) is 32.1 Å². The molecule has 0 spiro atoms. The van der Waals surface area contributed by atoms with Crippen LogP contribution in [0.3, 0.4) is 0 Å². The summed E-state index contributed by atoms with van der Waals surface area (Å²) in [5.41, 5.74) is 0. The maximum absolute atomic E-state index is 13.1. The highest BCUT2D eigenvalue weighted by atomic mass is 32.3. The maximum Gasteiger partial charge on any atom is 0.397 e. The molecule has 13 nitrogen and oxygen atoms in total. The van der Waals surface area contributed by atoms with Crippen molar-refractivity contribution in [2.45, 2.75) is 249 Å². The van der Waals surface area contributed by atoms with Gasteiger partial charge >= 0.3 is 10.4 Å². The van der Waals surface area contributed by atoms with Crippen molar-refractivity contribution in [3.8, 4) is 0 Å². The van der Waals surface area contributed by atoms with Gasteiger partial charge in [-0.1, -0.05) is 192 Å². The summed E-state index contributed by atoms with van der Waals surface area (Å²) in [6.07, 6.45) is 29.7. The first-order chi connectivity index (χ1) is 28.9. The maximum atomic E-state index is 13.1. The minimum Gasteiger partial charge on any atom is -0.394 e. The van der Waals surface area contributed by atoms with Gasteiger partial charge in [0.15, 0.2) is 6.29 Å². The first-order valence-electron chi connectivity index (χ1n) is 23.8. The molecule has 0 aromatic rings. The largest absolute Gasteiger partial charge is 0.397 e. The minimum absolute atomic E-state index is 0.240. The third-order valence-corrected chi connectivity index (χ3v) is 11.8. The molecular formula is C46H87NO12S. The van der Waals surface area contributed by atoms with E-state index >= 15 is 0 Å². The van der Waals surface area contributed by atoms with E-state index in [9.17, 15) is 43.3 Å². The lowest BCUT2D eigenvalue weighted by Crippen LogP contribution is -2.61. The van der Waals surface area contributed by atoms with E-state index in [1.165, 1.54) is 134 Å². The summed E-state index contributed by atoms with van der Waals surface area (Å²) in [6.45, 7) is 3.20. The second-order valence-corrected chi connectivity index (χ2v) is 17.9. The highest BCUT2D eigenvalue weighted by Gasteiger charge is 2.48. The van der Waals surface area contributed by atoms with Crippen molar-refractivity contribution >= 4 is 16.3 Å². The van der Waals surface area contributed by atoms with Crippen LogP contribution in [0.1, 0.15) is 200 Å². The predicted molar refractivity (Wildman–Crippen MR) is 238 cm³/mol. The summed E-state index contributed by atoms with van der Waals surface area (Å²) >= 11 is 0. The van der Waals surface area contributed by atoms with Crippen molar-refractivity contribution in [1.82, 2.24) is 5.32 Å². The molecule has 1 rings (SSSR count). The normalized spacial score (nSPS) is 21.5. The van der Waals surface area contributed by atoms with Gasteiger partial charge in [-0.25, -0.2) is 4.18 Å². The molecular weight excluding hydrogens is 791 g/mol. The number of hydrogen-bond donors (Lipinski definition) is 7. The average molecular weight is 878 g/mol. The molecule has 7 N–H and O–H groups in total. The van der Waals surface area contributed by atoms with E-state index < -0.39 is 78.5 Å². The van der Waals surface area contributed by atoms with E-state index in [-0.39, 0.29) is 6.42 Å². The van der Waals surface area contributed by atoms with Gasteiger partial charge in [0.2, 0.25) is 5.91 Å². The summed E-state index contributed by atoms with van der Waals surface area (Å²) < 4.78 is 47.5. The van der Waals surface area contributed by atoms with Gasteiger partial charge < -0.3 is 40.3 Å². The van der Waals surface area contributed by atoms with Crippen molar-refractivity contribution in [2.75, 3.05) is 13.2 Å². The number of unbranched alkanes of at least 4 members (excludes halogenated alkanes) is 25. The Morgan fingerprint density at radius 1 is 0.667 bits per heavy atom. The van der Waals surface area contributed by atoms with Crippen LogP contribution in [0, 0.1) is 0 Å². The number of hydrogen-bond acceptors (Lipinski definition) is 11. The number of allylic oxidation sites excluding steroid dienone is 3. The van der Waals surface area contributed by atoms with Gasteiger partial charge in [-0.15, -0.1) is 0 Å². The summed E-state index contributed by atoms with van der Waals surface area (Å²) in [5.74, 6) is -0.710. The van der Waals surface area contributed by atoms with Crippen molar-refractivity contribution < 1.29 is 57.0 Å². The van der Waals surface area contributed by atoms with E-state index in [1.54, 1.807) is 6.08 Å². The number of aliphatic hydroxyl groups is 5. The molecule has 14 heteroatoms. The van der Waals surface area contributed by atoms with Crippen LogP contribution in [0.4, 0.5) is 0 Å². The number of aliphatic hydroxyl groups excluding tert-OH is 5. The topological polar surface area (TPSA) is 212 Å². The molecule has 354 valence electrons. The molecule has 0 aromatic carbocycles. The van der Waals surface area contributed by atoms with Crippen LogP contribution in [0.25, 0.3) is 0 Å². The van der Waals surface area contributed by atoms with Crippen LogP contribution in [0.5, 0.6) is 0 Å².